The smallest absolute Gasteiger partial charge is 0.346 e. The molecule has 1 aliphatic carbocycles. The quantitative estimate of drug-likeness (QED) is 0.485. The standard InChI is InChI=1S/C22H23F2N3O3S/c23-22(24)8-6-14(7-9-22)10-25-19-17-16(12-30-11-15-4-2-1-3-5-15)18(21(28)29)31-20(17)27-13-26-19/h1-5,13-14H,6-12H2,(H,28,29)(H,25,26,27). The second kappa shape index (κ2) is 9.23. The van der Waals surface area contributed by atoms with Crippen LogP contribution in [0.4, 0.5) is 14.6 Å². The Morgan fingerprint density at radius 1 is 1.19 bits per heavy atom. The number of nitrogens with one attached hydrogen (secondary N) is 1. The van der Waals surface area contributed by atoms with Crippen molar-refractivity contribution in [1.29, 1.82) is 0 Å². The largest absolute Gasteiger partial charge is 0.477 e. The number of hydrogen-bond acceptors (Lipinski definition) is 6. The summed E-state index contributed by atoms with van der Waals surface area (Å²) in [5.41, 5.74) is 1.52. The summed E-state index contributed by atoms with van der Waals surface area (Å²) in [4.78, 5) is 21.1. The molecule has 1 aromatic carbocycles. The molecule has 3 aromatic rings. The molecule has 1 saturated carbocycles. The van der Waals surface area contributed by atoms with Crippen molar-refractivity contribution in [1.82, 2.24) is 9.97 Å². The Kier molecular flexibility index (Phi) is 6.43. The average Bonchev–Trinajstić information content (AvgIpc) is 3.13. The van der Waals surface area contributed by atoms with Crippen molar-refractivity contribution in [2.24, 2.45) is 5.92 Å². The minimum absolute atomic E-state index is 0.0985. The highest BCUT2D eigenvalue weighted by Gasteiger charge is 2.34. The maximum absolute atomic E-state index is 13.4. The minimum atomic E-state index is -2.56. The van der Waals surface area contributed by atoms with Gasteiger partial charge < -0.3 is 15.2 Å². The molecular weight excluding hydrogens is 424 g/mol. The summed E-state index contributed by atoms with van der Waals surface area (Å²) in [6, 6.07) is 9.62. The van der Waals surface area contributed by atoms with Gasteiger partial charge in [0.1, 0.15) is 21.9 Å². The van der Waals surface area contributed by atoms with Gasteiger partial charge >= 0.3 is 5.97 Å². The fourth-order valence-corrected chi connectivity index (χ4v) is 4.81. The van der Waals surface area contributed by atoms with Crippen molar-refractivity contribution in [2.75, 3.05) is 11.9 Å². The first-order chi connectivity index (χ1) is 14.9. The summed E-state index contributed by atoms with van der Waals surface area (Å²) in [5.74, 6) is -2.96. The first kappa shape index (κ1) is 21.6. The lowest BCUT2D eigenvalue weighted by molar-refractivity contribution is -0.0443. The van der Waals surface area contributed by atoms with Crippen LogP contribution in [0.2, 0.25) is 0 Å². The number of thiophene rings is 1. The molecule has 0 radical (unpaired) electrons. The van der Waals surface area contributed by atoms with Gasteiger partial charge in [0.2, 0.25) is 5.92 Å². The van der Waals surface area contributed by atoms with E-state index in [1.807, 2.05) is 30.3 Å². The van der Waals surface area contributed by atoms with Gasteiger partial charge in [-0.05, 0) is 24.3 Å². The lowest BCUT2D eigenvalue weighted by Crippen LogP contribution is -2.28. The van der Waals surface area contributed by atoms with Crippen LogP contribution >= 0.6 is 11.3 Å². The number of ether oxygens (including phenoxy) is 1. The van der Waals surface area contributed by atoms with Gasteiger partial charge in [0.25, 0.3) is 0 Å². The molecule has 0 saturated heterocycles. The molecule has 6 nitrogen and oxygen atoms in total. The van der Waals surface area contributed by atoms with Crippen LogP contribution in [0.15, 0.2) is 36.7 Å². The van der Waals surface area contributed by atoms with Crippen LogP contribution in [0.5, 0.6) is 0 Å². The van der Waals surface area contributed by atoms with Crippen molar-refractivity contribution in [3.63, 3.8) is 0 Å². The third-order valence-corrected chi connectivity index (χ3v) is 6.66. The Hall–Kier alpha value is -2.65. The molecule has 4 rings (SSSR count). The van der Waals surface area contributed by atoms with E-state index in [0.29, 0.717) is 47.6 Å². The number of carbonyl (C=O) groups is 1. The minimum Gasteiger partial charge on any atom is -0.477 e. The van der Waals surface area contributed by atoms with Gasteiger partial charge in [-0.15, -0.1) is 11.3 Å². The third-order valence-electron chi connectivity index (χ3n) is 5.53. The molecule has 164 valence electrons. The number of anilines is 1. The number of alkyl halides is 2. The summed E-state index contributed by atoms with van der Waals surface area (Å²) >= 11 is 1.08. The normalized spacial score (nSPS) is 16.5. The highest BCUT2D eigenvalue weighted by atomic mass is 32.1. The predicted octanol–water partition coefficient (Wildman–Crippen LogP) is 5.34. The average molecular weight is 448 g/mol. The predicted molar refractivity (Wildman–Crippen MR) is 115 cm³/mol. The summed E-state index contributed by atoms with van der Waals surface area (Å²) in [5, 5.41) is 13.5. The van der Waals surface area contributed by atoms with Crippen LogP contribution in [-0.4, -0.2) is 33.5 Å². The summed E-state index contributed by atoms with van der Waals surface area (Å²) in [6.45, 7) is 0.961. The Morgan fingerprint density at radius 2 is 1.94 bits per heavy atom. The molecule has 9 heteroatoms. The zero-order valence-electron chi connectivity index (χ0n) is 16.8. The second-order valence-electron chi connectivity index (χ2n) is 7.78. The molecule has 2 N–H and O–H groups in total. The van der Waals surface area contributed by atoms with E-state index >= 15 is 0 Å². The van der Waals surface area contributed by atoms with Crippen molar-refractivity contribution in [3.05, 3.63) is 52.7 Å². The van der Waals surface area contributed by atoms with E-state index in [1.54, 1.807) is 0 Å². The van der Waals surface area contributed by atoms with Crippen LogP contribution in [0.1, 0.15) is 46.5 Å². The number of nitrogens with zero attached hydrogens (tertiary/aromatic N) is 2. The number of aromatic nitrogens is 2. The number of benzene rings is 1. The molecule has 0 amide bonds. The van der Waals surface area contributed by atoms with Crippen LogP contribution < -0.4 is 5.32 Å². The van der Waals surface area contributed by atoms with E-state index in [0.717, 1.165) is 16.9 Å². The number of carboxylic acids is 1. The van der Waals surface area contributed by atoms with Crippen LogP contribution in [-0.2, 0) is 18.0 Å². The molecule has 0 unspecified atom stereocenters. The summed E-state index contributed by atoms with van der Waals surface area (Å²) in [7, 11) is 0. The monoisotopic (exact) mass is 447 g/mol. The Morgan fingerprint density at radius 3 is 2.65 bits per heavy atom. The highest BCUT2D eigenvalue weighted by Crippen LogP contribution is 2.37. The fourth-order valence-electron chi connectivity index (χ4n) is 3.83. The van der Waals surface area contributed by atoms with E-state index in [4.69, 9.17) is 4.74 Å². The number of halogens is 2. The summed E-state index contributed by atoms with van der Waals surface area (Å²) in [6.07, 6.45) is 2.09. The van der Waals surface area contributed by atoms with Crippen molar-refractivity contribution < 1.29 is 23.4 Å². The van der Waals surface area contributed by atoms with E-state index in [-0.39, 0.29) is 30.2 Å². The number of hydrogen-bond donors (Lipinski definition) is 2. The molecule has 0 atom stereocenters. The van der Waals surface area contributed by atoms with Crippen molar-refractivity contribution in [3.8, 4) is 0 Å². The Balaban J connectivity index is 1.52. The molecule has 2 heterocycles. The van der Waals surface area contributed by atoms with Gasteiger partial charge in [0, 0.05) is 24.9 Å². The van der Waals surface area contributed by atoms with E-state index in [1.165, 1.54) is 6.33 Å². The van der Waals surface area contributed by atoms with Gasteiger partial charge in [-0.3, -0.25) is 0 Å². The Bertz CT molecular complexity index is 1050. The lowest BCUT2D eigenvalue weighted by atomic mass is 9.87. The molecule has 0 bridgehead atoms. The zero-order chi connectivity index (χ0) is 21.8. The molecule has 0 aliphatic heterocycles. The molecule has 31 heavy (non-hydrogen) atoms. The number of rotatable bonds is 8. The molecule has 1 aliphatic rings. The maximum Gasteiger partial charge on any atom is 0.346 e. The highest BCUT2D eigenvalue weighted by molar-refractivity contribution is 7.20. The zero-order valence-corrected chi connectivity index (χ0v) is 17.6. The van der Waals surface area contributed by atoms with Gasteiger partial charge in [-0.1, -0.05) is 30.3 Å². The van der Waals surface area contributed by atoms with Crippen LogP contribution in [0, 0.1) is 5.92 Å². The lowest BCUT2D eigenvalue weighted by Gasteiger charge is -2.28. The van der Waals surface area contributed by atoms with E-state index < -0.39 is 11.9 Å². The van der Waals surface area contributed by atoms with Gasteiger partial charge in [-0.25, -0.2) is 23.5 Å². The third kappa shape index (κ3) is 5.16. The molecule has 2 aromatic heterocycles. The van der Waals surface area contributed by atoms with Gasteiger partial charge in [0.15, 0.2) is 0 Å². The van der Waals surface area contributed by atoms with Crippen molar-refractivity contribution >= 4 is 33.3 Å². The molecular formula is C22H23F2N3O3S. The molecule has 1 fully saturated rings. The fraction of sp³-hybridized carbons (Fsp3) is 0.409. The Labute approximate surface area is 182 Å². The first-order valence-electron chi connectivity index (χ1n) is 10.2. The molecule has 0 spiro atoms. The summed E-state index contributed by atoms with van der Waals surface area (Å²) < 4.78 is 32.6. The van der Waals surface area contributed by atoms with Crippen molar-refractivity contribution in [2.45, 2.75) is 44.8 Å². The van der Waals surface area contributed by atoms with E-state index in [9.17, 15) is 18.7 Å². The van der Waals surface area contributed by atoms with E-state index in [2.05, 4.69) is 15.3 Å². The van der Waals surface area contributed by atoms with Crippen LogP contribution in [0.3, 0.4) is 0 Å². The van der Waals surface area contributed by atoms with Gasteiger partial charge in [0.05, 0.1) is 18.6 Å². The number of carboxylic acid groups (broad SMARTS) is 1. The topological polar surface area (TPSA) is 84.3 Å². The maximum atomic E-state index is 13.4. The second-order valence-corrected chi connectivity index (χ2v) is 8.78. The number of aromatic carboxylic acids is 1. The SMILES string of the molecule is O=C(O)c1sc2ncnc(NCC3CCC(F)(F)CC3)c2c1COCc1ccccc1. The van der Waals surface area contributed by atoms with Gasteiger partial charge in [-0.2, -0.15) is 0 Å². The number of fused-ring (bicyclic) bond motifs is 1. The van der Waals surface area contributed by atoms with Crippen LogP contribution in [0.25, 0.3) is 10.2 Å². The first-order valence-corrected chi connectivity index (χ1v) is 11.0.